The van der Waals surface area contributed by atoms with E-state index in [2.05, 4.69) is 39.6 Å². The molecule has 2 heterocycles. The van der Waals surface area contributed by atoms with E-state index >= 15 is 0 Å². The van der Waals surface area contributed by atoms with Gasteiger partial charge < -0.3 is 5.32 Å². The van der Waals surface area contributed by atoms with Gasteiger partial charge in [0.25, 0.3) is 5.91 Å². The summed E-state index contributed by atoms with van der Waals surface area (Å²) in [5.41, 5.74) is 7.60. The molecule has 1 fully saturated rings. The van der Waals surface area contributed by atoms with Crippen molar-refractivity contribution in [1.82, 2.24) is 20.0 Å². The number of rotatable bonds is 7. The zero-order valence-corrected chi connectivity index (χ0v) is 22.6. The number of nitrogens with one attached hydrogen (secondary N) is 1. The van der Waals surface area contributed by atoms with Gasteiger partial charge in [-0.25, -0.2) is 0 Å². The van der Waals surface area contributed by atoms with Crippen molar-refractivity contribution in [1.29, 1.82) is 0 Å². The van der Waals surface area contributed by atoms with Crippen LogP contribution in [0.2, 0.25) is 5.02 Å². The summed E-state index contributed by atoms with van der Waals surface area (Å²) in [4.78, 5) is 28.4. The molecule has 2 aromatic carbocycles. The second-order valence-electron chi connectivity index (χ2n) is 10.6. The third-order valence-electron chi connectivity index (χ3n) is 7.64. The molecule has 0 spiro atoms. The first kappa shape index (κ1) is 25.5. The number of Topliss-reactive ketones (excluding diaryl/α,β-unsaturated/α-hetero) is 1. The molecular weight excluding hydrogens is 508 g/mol. The Morgan fingerprint density at radius 2 is 1.77 bits per heavy atom. The average Bonchev–Trinajstić information content (AvgIpc) is 3.59. The predicted molar refractivity (Wildman–Crippen MR) is 153 cm³/mol. The van der Waals surface area contributed by atoms with Gasteiger partial charge in [0, 0.05) is 35.5 Å². The van der Waals surface area contributed by atoms with E-state index in [-0.39, 0.29) is 18.1 Å². The van der Waals surface area contributed by atoms with Gasteiger partial charge >= 0.3 is 0 Å². The van der Waals surface area contributed by atoms with Crippen molar-refractivity contribution in [2.75, 3.05) is 13.1 Å². The van der Waals surface area contributed by atoms with Crippen molar-refractivity contribution in [2.45, 2.75) is 45.2 Å². The van der Waals surface area contributed by atoms with Crippen LogP contribution in [-0.4, -0.2) is 39.5 Å². The van der Waals surface area contributed by atoms with Crippen LogP contribution in [0.5, 0.6) is 0 Å². The predicted octanol–water partition coefficient (Wildman–Crippen LogP) is 5.72. The zero-order chi connectivity index (χ0) is 26.8. The van der Waals surface area contributed by atoms with E-state index in [9.17, 15) is 9.59 Å². The number of piperidine rings is 1. The van der Waals surface area contributed by atoms with Crippen molar-refractivity contribution >= 4 is 29.4 Å². The smallest absolute Gasteiger partial charge is 0.258 e. The van der Waals surface area contributed by atoms with Crippen molar-refractivity contribution in [3.63, 3.8) is 0 Å². The Labute approximate surface area is 233 Å². The van der Waals surface area contributed by atoms with Crippen LogP contribution in [0.4, 0.5) is 0 Å². The number of halogens is 1. The summed E-state index contributed by atoms with van der Waals surface area (Å²) in [7, 11) is 0. The minimum Gasteiger partial charge on any atom is -0.322 e. The second-order valence-corrected chi connectivity index (χ2v) is 11.0. The van der Waals surface area contributed by atoms with Gasteiger partial charge in [0.1, 0.15) is 0 Å². The number of likely N-dealkylation sites (tertiary alicyclic amines) is 1. The van der Waals surface area contributed by atoms with Crippen LogP contribution in [0, 0.1) is 0 Å². The van der Waals surface area contributed by atoms with Crippen LogP contribution in [0.1, 0.15) is 58.3 Å². The maximum Gasteiger partial charge on any atom is 0.258 e. The molecule has 7 heteroatoms. The highest BCUT2D eigenvalue weighted by atomic mass is 35.5. The molecule has 2 aliphatic carbocycles. The molecule has 0 bridgehead atoms. The summed E-state index contributed by atoms with van der Waals surface area (Å²) in [6.45, 7) is 3.86. The van der Waals surface area contributed by atoms with E-state index < -0.39 is 0 Å². The van der Waals surface area contributed by atoms with E-state index in [1.165, 1.54) is 49.0 Å². The Hall–Kier alpha value is -3.74. The largest absolute Gasteiger partial charge is 0.322 e. The molecule has 3 aromatic rings. The Morgan fingerprint density at radius 3 is 2.59 bits per heavy atom. The topological polar surface area (TPSA) is 67.2 Å². The van der Waals surface area contributed by atoms with Crippen LogP contribution >= 0.6 is 11.6 Å². The Kier molecular flexibility index (Phi) is 7.31. The first-order valence-electron chi connectivity index (χ1n) is 13.6. The van der Waals surface area contributed by atoms with E-state index in [4.69, 9.17) is 11.6 Å². The van der Waals surface area contributed by atoms with E-state index in [1.54, 1.807) is 23.2 Å². The van der Waals surface area contributed by atoms with Gasteiger partial charge in [0.2, 0.25) is 0 Å². The highest BCUT2D eigenvalue weighted by Gasteiger charge is 2.24. The van der Waals surface area contributed by atoms with Crippen LogP contribution in [0.15, 0.2) is 83.9 Å². The highest BCUT2D eigenvalue weighted by Crippen LogP contribution is 2.33. The lowest BCUT2D eigenvalue weighted by molar-refractivity contribution is -0.114. The number of amides is 1. The second kappa shape index (κ2) is 11.2. The first-order chi connectivity index (χ1) is 19.0. The number of nitrogens with zero attached hydrogens (tertiary/aromatic N) is 3. The lowest BCUT2D eigenvalue weighted by atomic mass is 9.93. The molecule has 3 aliphatic rings. The molecular formula is C32H31ClN4O2. The first-order valence-corrected chi connectivity index (χ1v) is 14.0. The quantitative estimate of drug-likeness (QED) is 0.417. The van der Waals surface area contributed by atoms with Crippen LogP contribution in [0.3, 0.4) is 0 Å². The lowest BCUT2D eigenvalue weighted by Crippen LogP contribution is -2.29. The third-order valence-corrected chi connectivity index (χ3v) is 7.89. The van der Waals surface area contributed by atoms with E-state index in [0.29, 0.717) is 28.4 Å². The van der Waals surface area contributed by atoms with Gasteiger partial charge in [-0.1, -0.05) is 60.5 Å². The molecule has 1 aromatic heterocycles. The van der Waals surface area contributed by atoms with Crippen LogP contribution < -0.4 is 5.32 Å². The zero-order valence-electron chi connectivity index (χ0n) is 21.8. The molecule has 6 rings (SSSR count). The summed E-state index contributed by atoms with van der Waals surface area (Å²) >= 11 is 5.96. The van der Waals surface area contributed by atoms with Crippen molar-refractivity contribution < 1.29 is 9.59 Å². The summed E-state index contributed by atoms with van der Waals surface area (Å²) in [5.74, 6) is -0.170. The fraction of sp³-hybridized carbons (Fsp3) is 0.281. The minimum atomic E-state index is -0.250. The van der Waals surface area contributed by atoms with Crippen LogP contribution in [0.25, 0.3) is 6.08 Å². The van der Waals surface area contributed by atoms with E-state index in [1.807, 2.05) is 30.3 Å². The summed E-state index contributed by atoms with van der Waals surface area (Å²) in [6.07, 6.45) is 13.9. The fourth-order valence-electron chi connectivity index (χ4n) is 5.54. The molecule has 39 heavy (non-hydrogen) atoms. The maximum absolute atomic E-state index is 13.0. The Morgan fingerprint density at radius 1 is 0.974 bits per heavy atom. The van der Waals surface area contributed by atoms with Gasteiger partial charge in [-0.3, -0.25) is 19.2 Å². The third kappa shape index (κ3) is 5.97. The molecule has 1 amide bonds. The van der Waals surface area contributed by atoms with Gasteiger partial charge in [-0.2, -0.15) is 5.10 Å². The number of hydrogen-bond acceptors (Lipinski definition) is 4. The highest BCUT2D eigenvalue weighted by molar-refractivity contribution is 6.30. The Bertz CT molecular complexity index is 1510. The number of fused-ring (bicyclic) bond motifs is 1. The molecule has 1 saturated heterocycles. The monoisotopic (exact) mass is 538 g/mol. The number of allylic oxidation sites excluding steroid dienone is 4. The summed E-state index contributed by atoms with van der Waals surface area (Å²) in [5, 5.41) is 7.97. The molecule has 0 saturated carbocycles. The number of aromatic nitrogens is 2. The van der Waals surface area contributed by atoms with Gasteiger partial charge in [0.05, 0.1) is 18.3 Å². The number of carbonyl (C=O) groups excluding carboxylic acids is 2. The molecule has 0 radical (unpaired) electrons. The summed E-state index contributed by atoms with van der Waals surface area (Å²) in [6, 6.07) is 14.2. The molecule has 1 aliphatic heterocycles. The average molecular weight is 539 g/mol. The van der Waals surface area contributed by atoms with Gasteiger partial charge in [0.15, 0.2) is 5.78 Å². The number of hydrogen-bond donors (Lipinski definition) is 1. The van der Waals surface area contributed by atoms with Gasteiger partial charge in [-0.15, -0.1) is 0 Å². The molecule has 198 valence electrons. The number of ketones is 1. The summed E-state index contributed by atoms with van der Waals surface area (Å²) < 4.78 is 1.72. The SMILES string of the molecule is O=C1CC=C(NC(=O)c2cnn(Cc3ccc(Cl)cc3)c2)C=C1C1=Cc2cc(CN3CCCCC3)ccc2C1. The van der Waals surface area contributed by atoms with Gasteiger partial charge in [-0.05, 0) is 78.4 Å². The Balaban J connectivity index is 1.12. The number of benzene rings is 2. The minimum absolute atomic E-state index is 0.0800. The molecule has 0 unspecified atom stereocenters. The van der Waals surface area contributed by atoms with Crippen LogP contribution in [-0.2, 0) is 24.3 Å². The lowest BCUT2D eigenvalue weighted by Gasteiger charge is -2.26. The molecule has 0 atom stereocenters. The number of carbonyl (C=O) groups is 2. The normalized spacial score (nSPS) is 17.4. The van der Waals surface area contributed by atoms with Crippen molar-refractivity contribution in [3.8, 4) is 0 Å². The van der Waals surface area contributed by atoms with Crippen molar-refractivity contribution in [2.24, 2.45) is 0 Å². The van der Waals surface area contributed by atoms with E-state index in [0.717, 1.165) is 24.1 Å². The standard InChI is InChI=1S/C32H31ClN4O2/c33-28-8-5-22(6-9-28)20-37-21-27(18-34-37)32(39)35-29-10-11-31(38)30(17-29)26-15-24-7-4-23(14-25(24)16-26)19-36-12-2-1-3-13-36/h4-10,14,16-18,21H,1-3,11-13,15,19-20H2,(H,35,39). The molecule has 1 N–H and O–H groups in total. The molecule has 6 nitrogen and oxygen atoms in total. The maximum atomic E-state index is 13.0. The van der Waals surface area contributed by atoms with Crippen molar-refractivity contribution in [3.05, 3.63) is 117 Å². The fourth-order valence-corrected chi connectivity index (χ4v) is 5.67.